The molecule has 0 heterocycles. The largest absolute Gasteiger partial charge is 0.416 e. The zero-order chi connectivity index (χ0) is 13.1. The van der Waals surface area contributed by atoms with Crippen LogP contribution in [-0.4, -0.2) is 11.7 Å². The maximum atomic E-state index is 12.7. The Hall–Kier alpha value is -0.740. The number of Topliss-reactive ketones (excluding diaryl/α,β-unsaturated/α-hetero) is 1. The molecule has 17 heavy (non-hydrogen) atoms. The lowest BCUT2D eigenvalue weighted by atomic mass is 10.00. The Morgan fingerprint density at radius 1 is 1.24 bits per heavy atom. The first-order chi connectivity index (χ1) is 7.88. The van der Waals surface area contributed by atoms with Crippen LogP contribution < -0.4 is 0 Å². The number of halogens is 5. The molecule has 0 bridgehead atoms. The summed E-state index contributed by atoms with van der Waals surface area (Å²) in [4.78, 5) is 11.1. The van der Waals surface area contributed by atoms with Gasteiger partial charge in [0.2, 0.25) is 0 Å². The van der Waals surface area contributed by atoms with E-state index in [0.29, 0.717) is 5.56 Å². The van der Waals surface area contributed by atoms with E-state index in [2.05, 4.69) is 0 Å². The number of benzene rings is 1. The monoisotopic (exact) mass is 284 g/mol. The number of ketones is 1. The van der Waals surface area contributed by atoms with Gasteiger partial charge in [-0.25, -0.2) is 0 Å². The summed E-state index contributed by atoms with van der Waals surface area (Å²) < 4.78 is 38.0. The Kier molecular flexibility index (Phi) is 4.83. The van der Waals surface area contributed by atoms with E-state index in [4.69, 9.17) is 23.2 Å². The van der Waals surface area contributed by atoms with Crippen LogP contribution in [0.2, 0.25) is 0 Å². The van der Waals surface area contributed by atoms with Crippen molar-refractivity contribution in [3.63, 3.8) is 0 Å². The predicted octanol–water partition coefficient (Wildman–Crippen LogP) is 3.79. The van der Waals surface area contributed by atoms with Crippen LogP contribution >= 0.6 is 23.2 Å². The fourth-order valence-corrected chi connectivity index (χ4v) is 1.67. The summed E-state index contributed by atoms with van der Waals surface area (Å²) >= 11 is 10.8. The molecule has 1 aromatic rings. The molecule has 6 heteroatoms. The molecular weight excluding hydrogens is 276 g/mol. The number of rotatable bonds is 4. The lowest BCUT2D eigenvalue weighted by Gasteiger charge is -2.13. The highest BCUT2D eigenvalue weighted by Crippen LogP contribution is 2.33. The summed E-state index contributed by atoms with van der Waals surface area (Å²) in [7, 11) is 0. The molecule has 0 N–H and O–H groups in total. The Balaban J connectivity index is 3.16. The average Bonchev–Trinajstić information content (AvgIpc) is 2.27. The topological polar surface area (TPSA) is 17.1 Å². The quantitative estimate of drug-likeness (QED) is 0.769. The maximum Gasteiger partial charge on any atom is 0.416 e. The standard InChI is InChI=1S/C11H9Cl2F3O/c12-5-7-1-2-10(11(14,15)16)8(3-7)4-9(17)6-13/h1-3H,4-6H2. The van der Waals surface area contributed by atoms with Crippen molar-refractivity contribution < 1.29 is 18.0 Å². The number of alkyl halides is 5. The van der Waals surface area contributed by atoms with Crippen LogP contribution in [0.5, 0.6) is 0 Å². The van der Waals surface area contributed by atoms with Crippen molar-refractivity contribution in [1.29, 1.82) is 0 Å². The van der Waals surface area contributed by atoms with Gasteiger partial charge in [-0.3, -0.25) is 4.79 Å². The summed E-state index contributed by atoms with van der Waals surface area (Å²) in [5.41, 5.74) is -0.358. The maximum absolute atomic E-state index is 12.7. The molecule has 0 unspecified atom stereocenters. The number of carbonyl (C=O) groups excluding carboxylic acids is 1. The molecule has 0 aliphatic carbocycles. The summed E-state index contributed by atoms with van der Waals surface area (Å²) in [5.74, 6) is -0.660. The molecule has 0 saturated heterocycles. The number of hydrogen-bond acceptors (Lipinski definition) is 1. The van der Waals surface area contributed by atoms with Crippen LogP contribution in [0.1, 0.15) is 16.7 Å². The average molecular weight is 285 g/mol. The van der Waals surface area contributed by atoms with E-state index in [1.807, 2.05) is 0 Å². The Bertz CT molecular complexity index is 416. The van der Waals surface area contributed by atoms with Gasteiger partial charge in [0.05, 0.1) is 11.4 Å². The fraction of sp³-hybridized carbons (Fsp3) is 0.364. The first-order valence-corrected chi connectivity index (χ1v) is 5.78. The van der Waals surface area contributed by atoms with Crippen molar-refractivity contribution in [2.75, 3.05) is 5.88 Å². The van der Waals surface area contributed by atoms with E-state index in [0.717, 1.165) is 6.07 Å². The van der Waals surface area contributed by atoms with Gasteiger partial charge in [0.1, 0.15) is 0 Å². The zero-order valence-corrected chi connectivity index (χ0v) is 10.2. The Morgan fingerprint density at radius 2 is 1.88 bits per heavy atom. The smallest absolute Gasteiger partial charge is 0.298 e. The van der Waals surface area contributed by atoms with Gasteiger partial charge in [0, 0.05) is 12.3 Å². The third-order valence-corrected chi connectivity index (χ3v) is 2.77. The second-order valence-corrected chi connectivity index (χ2v) is 4.01. The van der Waals surface area contributed by atoms with Gasteiger partial charge in [0.25, 0.3) is 0 Å². The van der Waals surface area contributed by atoms with Crippen LogP contribution in [0.15, 0.2) is 18.2 Å². The molecule has 0 saturated carbocycles. The zero-order valence-electron chi connectivity index (χ0n) is 8.65. The van der Waals surface area contributed by atoms with Crippen LogP contribution in [0.25, 0.3) is 0 Å². The third-order valence-electron chi connectivity index (χ3n) is 2.17. The predicted molar refractivity (Wildman–Crippen MR) is 60.4 cm³/mol. The normalized spacial score (nSPS) is 11.6. The van der Waals surface area contributed by atoms with Gasteiger partial charge in [-0.1, -0.05) is 12.1 Å². The van der Waals surface area contributed by atoms with Crippen molar-refractivity contribution >= 4 is 29.0 Å². The van der Waals surface area contributed by atoms with Crippen LogP contribution in [0.4, 0.5) is 13.2 Å². The van der Waals surface area contributed by atoms with E-state index < -0.39 is 17.5 Å². The van der Waals surface area contributed by atoms with Crippen molar-refractivity contribution in [1.82, 2.24) is 0 Å². The van der Waals surface area contributed by atoms with Crippen molar-refractivity contribution in [2.24, 2.45) is 0 Å². The Morgan fingerprint density at radius 3 is 2.35 bits per heavy atom. The molecular formula is C11H9Cl2F3O. The van der Waals surface area contributed by atoms with Crippen LogP contribution in [0, 0.1) is 0 Å². The summed E-state index contributed by atoms with van der Waals surface area (Å²) in [6, 6.07) is 3.53. The third kappa shape index (κ3) is 3.89. The lowest BCUT2D eigenvalue weighted by molar-refractivity contribution is -0.138. The van der Waals surface area contributed by atoms with Crippen LogP contribution in [-0.2, 0) is 23.3 Å². The van der Waals surface area contributed by atoms with Crippen molar-refractivity contribution in [2.45, 2.75) is 18.5 Å². The fourth-order valence-electron chi connectivity index (χ4n) is 1.41. The number of carbonyl (C=O) groups is 1. The molecule has 0 spiro atoms. The van der Waals surface area contributed by atoms with Gasteiger partial charge < -0.3 is 0 Å². The van der Waals surface area contributed by atoms with E-state index in [1.54, 1.807) is 0 Å². The minimum Gasteiger partial charge on any atom is -0.298 e. The minimum atomic E-state index is -4.48. The highest BCUT2D eigenvalue weighted by molar-refractivity contribution is 6.27. The molecule has 0 atom stereocenters. The van der Waals surface area contributed by atoms with E-state index in [-0.39, 0.29) is 23.7 Å². The van der Waals surface area contributed by atoms with E-state index >= 15 is 0 Å². The molecule has 1 rings (SSSR count). The minimum absolute atomic E-state index is 0.0821. The second kappa shape index (κ2) is 5.74. The SMILES string of the molecule is O=C(CCl)Cc1cc(CCl)ccc1C(F)(F)F. The van der Waals surface area contributed by atoms with Gasteiger partial charge in [-0.15, -0.1) is 23.2 Å². The van der Waals surface area contributed by atoms with Crippen molar-refractivity contribution in [3.05, 3.63) is 34.9 Å². The summed E-state index contributed by atoms with van der Waals surface area (Å²) in [5, 5.41) is 0. The molecule has 1 aromatic carbocycles. The van der Waals surface area contributed by atoms with Crippen molar-refractivity contribution in [3.8, 4) is 0 Å². The van der Waals surface area contributed by atoms with Gasteiger partial charge >= 0.3 is 6.18 Å². The second-order valence-electron chi connectivity index (χ2n) is 3.47. The highest BCUT2D eigenvalue weighted by atomic mass is 35.5. The van der Waals surface area contributed by atoms with E-state index in [1.165, 1.54) is 12.1 Å². The first kappa shape index (κ1) is 14.3. The molecule has 0 aliphatic heterocycles. The highest BCUT2D eigenvalue weighted by Gasteiger charge is 2.33. The van der Waals surface area contributed by atoms with Gasteiger partial charge in [0.15, 0.2) is 5.78 Å². The summed E-state index contributed by atoms with van der Waals surface area (Å²) in [6.45, 7) is 0. The molecule has 0 fully saturated rings. The lowest BCUT2D eigenvalue weighted by Crippen LogP contribution is -2.13. The molecule has 94 valence electrons. The van der Waals surface area contributed by atoms with Gasteiger partial charge in [-0.05, 0) is 17.2 Å². The summed E-state index contributed by atoms with van der Waals surface area (Å²) in [6.07, 6.45) is -4.81. The Labute approximate surface area is 107 Å². The van der Waals surface area contributed by atoms with Gasteiger partial charge in [-0.2, -0.15) is 13.2 Å². The number of hydrogen-bond donors (Lipinski definition) is 0. The molecule has 0 aromatic heterocycles. The van der Waals surface area contributed by atoms with E-state index in [9.17, 15) is 18.0 Å². The molecule has 1 nitrogen and oxygen atoms in total. The van der Waals surface area contributed by atoms with Crippen LogP contribution in [0.3, 0.4) is 0 Å². The first-order valence-electron chi connectivity index (χ1n) is 4.71. The molecule has 0 aliphatic rings. The molecule has 0 amide bonds. The molecule has 0 radical (unpaired) electrons.